The zero-order valence-corrected chi connectivity index (χ0v) is 9.28. The normalized spacial score (nSPS) is 9.76. The lowest BCUT2D eigenvalue weighted by atomic mass is 10.4. The maximum atomic E-state index is 10.8. The Bertz CT molecular complexity index is 518. The predicted molar refractivity (Wildman–Crippen MR) is 55.3 cm³/mol. The summed E-state index contributed by atoms with van der Waals surface area (Å²) in [7, 11) is 0. The number of carboxylic acid groups (broad SMARTS) is 2. The van der Waals surface area contributed by atoms with Crippen molar-refractivity contribution < 1.29 is 24.6 Å². The van der Waals surface area contributed by atoms with Crippen molar-refractivity contribution >= 4 is 46.9 Å². The first-order valence-electron chi connectivity index (χ1n) is 3.83. The number of hydrogen-bond acceptors (Lipinski definition) is 5. The van der Waals surface area contributed by atoms with Crippen LogP contribution >= 0.6 is 23.2 Å². The molecule has 0 saturated heterocycles. The molecular weight excluding hydrogens is 277 g/mol. The molecule has 0 spiro atoms. The SMILES string of the molecule is O=C(O)C(=O)Nc1nc(Cl)c(Cl)nc1C(=O)O. The van der Waals surface area contributed by atoms with E-state index in [0.29, 0.717) is 0 Å². The van der Waals surface area contributed by atoms with E-state index in [2.05, 4.69) is 9.97 Å². The Balaban J connectivity index is 3.22. The van der Waals surface area contributed by atoms with Gasteiger partial charge in [-0.05, 0) is 0 Å². The van der Waals surface area contributed by atoms with Crippen molar-refractivity contribution in [1.29, 1.82) is 0 Å². The van der Waals surface area contributed by atoms with Crippen LogP contribution in [0.4, 0.5) is 5.82 Å². The molecule has 3 N–H and O–H groups in total. The molecular formula is C7H3Cl2N3O5. The van der Waals surface area contributed by atoms with Gasteiger partial charge in [0.05, 0.1) is 0 Å². The minimum absolute atomic E-state index is 0.364. The molecule has 1 aromatic heterocycles. The Morgan fingerprint density at radius 1 is 1.06 bits per heavy atom. The average molecular weight is 280 g/mol. The minimum Gasteiger partial charge on any atom is -0.476 e. The summed E-state index contributed by atoms with van der Waals surface area (Å²) in [5.41, 5.74) is -0.714. The van der Waals surface area contributed by atoms with Gasteiger partial charge in [0.15, 0.2) is 21.8 Å². The first-order chi connectivity index (χ1) is 7.82. The van der Waals surface area contributed by atoms with Gasteiger partial charge in [0.1, 0.15) is 0 Å². The fourth-order valence-electron chi connectivity index (χ4n) is 0.792. The molecule has 0 radical (unpaired) electrons. The van der Waals surface area contributed by atoms with E-state index in [0.717, 1.165) is 0 Å². The summed E-state index contributed by atoms with van der Waals surface area (Å²) in [4.78, 5) is 38.6. The highest BCUT2D eigenvalue weighted by Gasteiger charge is 2.21. The zero-order chi connectivity index (χ0) is 13.2. The molecule has 1 heterocycles. The molecule has 0 aliphatic rings. The molecule has 0 bridgehead atoms. The number of nitrogens with one attached hydrogen (secondary N) is 1. The first-order valence-corrected chi connectivity index (χ1v) is 4.59. The Morgan fingerprint density at radius 2 is 1.59 bits per heavy atom. The number of rotatable bonds is 2. The van der Waals surface area contributed by atoms with E-state index < -0.39 is 29.4 Å². The van der Waals surface area contributed by atoms with Gasteiger partial charge in [0.25, 0.3) is 0 Å². The van der Waals surface area contributed by atoms with Crippen LogP contribution in [-0.4, -0.2) is 38.0 Å². The molecule has 17 heavy (non-hydrogen) atoms. The number of carbonyl (C=O) groups excluding carboxylic acids is 1. The number of amides is 1. The van der Waals surface area contributed by atoms with Gasteiger partial charge < -0.3 is 10.2 Å². The van der Waals surface area contributed by atoms with Crippen LogP contribution in [0.3, 0.4) is 0 Å². The average Bonchev–Trinajstić information content (AvgIpc) is 2.22. The minimum atomic E-state index is -1.81. The Labute approximate surface area is 103 Å². The van der Waals surface area contributed by atoms with E-state index in [1.54, 1.807) is 5.32 Å². The number of hydrogen-bond donors (Lipinski definition) is 3. The van der Waals surface area contributed by atoms with Crippen LogP contribution in [-0.2, 0) is 9.59 Å². The second-order valence-corrected chi connectivity index (χ2v) is 3.28. The third kappa shape index (κ3) is 3.02. The van der Waals surface area contributed by atoms with Gasteiger partial charge >= 0.3 is 17.8 Å². The summed E-state index contributed by atoms with van der Waals surface area (Å²) in [5, 5.41) is 18.0. The molecule has 0 saturated carbocycles. The molecule has 8 nitrogen and oxygen atoms in total. The molecule has 0 fully saturated rings. The summed E-state index contributed by atoms with van der Waals surface area (Å²) in [6, 6.07) is 0. The van der Waals surface area contributed by atoms with Gasteiger partial charge in [0.2, 0.25) is 0 Å². The molecule has 0 unspecified atom stereocenters. The Morgan fingerprint density at radius 3 is 2.06 bits per heavy atom. The summed E-state index contributed by atoms with van der Waals surface area (Å²) in [5.74, 6) is -5.43. The van der Waals surface area contributed by atoms with Gasteiger partial charge in [-0.3, -0.25) is 10.1 Å². The molecule has 1 rings (SSSR count). The van der Waals surface area contributed by atoms with Gasteiger partial charge in [-0.1, -0.05) is 23.2 Å². The quantitative estimate of drug-likeness (QED) is 0.672. The Hall–Kier alpha value is -1.93. The number of aromatic carboxylic acids is 1. The second kappa shape index (κ2) is 4.93. The molecule has 10 heteroatoms. The van der Waals surface area contributed by atoms with Crippen LogP contribution in [0.5, 0.6) is 0 Å². The lowest BCUT2D eigenvalue weighted by Gasteiger charge is -2.05. The predicted octanol–water partition coefficient (Wildman–Crippen LogP) is 0.505. The number of aliphatic carboxylic acids is 1. The topological polar surface area (TPSA) is 129 Å². The van der Waals surface area contributed by atoms with Crippen LogP contribution < -0.4 is 5.32 Å². The third-order valence-electron chi connectivity index (χ3n) is 1.44. The van der Waals surface area contributed by atoms with Crippen molar-refractivity contribution in [3.63, 3.8) is 0 Å². The summed E-state index contributed by atoms with van der Waals surface area (Å²) in [6.07, 6.45) is 0. The van der Waals surface area contributed by atoms with Crippen molar-refractivity contribution in [3.8, 4) is 0 Å². The fourth-order valence-corrected chi connectivity index (χ4v) is 1.05. The highest BCUT2D eigenvalue weighted by atomic mass is 35.5. The van der Waals surface area contributed by atoms with Crippen LogP contribution in [0.25, 0.3) is 0 Å². The Kier molecular flexibility index (Phi) is 3.81. The van der Waals surface area contributed by atoms with Gasteiger partial charge in [0, 0.05) is 0 Å². The maximum absolute atomic E-state index is 10.8. The number of nitrogens with zero attached hydrogens (tertiary/aromatic N) is 2. The van der Waals surface area contributed by atoms with Gasteiger partial charge in [-0.15, -0.1) is 0 Å². The lowest BCUT2D eigenvalue weighted by Crippen LogP contribution is -2.24. The first kappa shape index (κ1) is 13.1. The van der Waals surface area contributed by atoms with E-state index in [1.165, 1.54) is 0 Å². The maximum Gasteiger partial charge on any atom is 0.394 e. The number of carboxylic acids is 2. The molecule has 0 aliphatic carbocycles. The summed E-state index contributed by atoms with van der Waals surface area (Å²) >= 11 is 10.9. The van der Waals surface area contributed by atoms with E-state index in [1.807, 2.05) is 0 Å². The van der Waals surface area contributed by atoms with Crippen molar-refractivity contribution in [2.45, 2.75) is 0 Å². The highest BCUT2D eigenvalue weighted by Crippen LogP contribution is 2.21. The molecule has 0 aromatic carbocycles. The van der Waals surface area contributed by atoms with Crippen LogP contribution in [0.15, 0.2) is 0 Å². The zero-order valence-electron chi connectivity index (χ0n) is 7.77. The van der Waals surface area contributed by atoms with Crippen molar-refractivity contribution in [2.75, 3.05) is 5.32 Å². The second-order valence-electron chi connectivity index (χ2n) is 2.57. The van der Waals surface area contributed by atoms with Crippen LogP contribution in [0.1, 0.15) is 10.5 Å². The molecule has 90 valence electrons. The van der Waals surface area contributed by atoms with Gasteiger partial charge in [-0.25, -0.2) is 19.6 Å². The monoisotopic (exact) mass is 279 g/mol. The number of aromatic nitrogens is 2. The van der Waals surface area contributed by atoms with Crippen molar-refractivity contribution in [2.24, 2.45) is 0 Å². The molecule has 1 amide bonds. The molecule has 0 atom stereocenters. The smallest absolute Gasteiger partial charge is 0.394 e. The number of anilines is 1. The number of carbonyl (C=O) groups is 3. The van der Waals surface area contributed by atoms with E-state index in [-0.39, 0.29) is 10.3 Å². The van der Waals surface area contributed by atoms with Crippen LogP contribution in [0, 0.1) is 0 Å². The van der Waals surface area contributed by atoms with E-state index in [4.69, 9.17) is 33.4 Å². The standard InChI is InChI=1S/C7H3Cl2N3O5/c8-2-3(9)11-4(1(10-2)6(14)15)12-5(13)7(16)17/h(H,14,15)(H,16,17)(H,11,12,13). The molecule has 1 aromatic rings. The highest BCUT2D eigenvalue weighted by molar-refractivity contribution is 6.41. The van der Waals surface area contributed by atoms with Crippen molar-refractivity contribution in [1.82, 2.24) is 9.97 Å². The molecule has 0 aliphatic heterocycles. The van der Waals surface area contributed by atoms with E-state index in [9.17, 15) is 14.4 Å². The summed E-state index contributed by atoms with van der Waals surface area (Å²) < 4.78 is 0. The third-order valence-corrected chi connectivity index (χ3v) is 2.07. The number of halogens is 2. The van der Waals surface area contributed by atoms with E-state index >= 15 is 0 Å². The lowest BCUT2D eigenvalue weighted by molar-refractivity contribution is -0.147. The summed E-state index contributed by atoms with van der Waals surface area (Å²) in [6.45, 7) is 0. The largest absolute Gasteiger partial charge is 0.476 e. The van der Waals surface area contributed by atoms with Crippen LogP contribution in [0.2, 0.25) is 10.3 Å². The van der Waals surface area contributed by atoms with Crippen molar-refractivity contribution in [3.05, 3.63) is 16.0 Å². The van der Waals surface area contributed by atoms with Gasteiger partial charge in [-0.2, -0.15) is 0 Å². The fraction of sp³-hybridized carbons (Fsp3) is 0.